The van der Waals surface area contributed by atoms with Gasteiger partial charge in [-0.1, -0.05) is 31.4 Å². The van der Waals surface area contributed by atoms with Crippen LogP contribution in [0.15, 0.2) is 42.9 Å². The second-order valence-corrected chi connectivity index (χ2v) is 8.41. The number of fused-ring (bicyclic) bond motifs is 1. The van der Waals surface area contributed by atoms with Gasteiger partial charge in [0.2, 0.25) is 10.0 Å². The fraction of sp³-hybridized carbons (Fsp3) is 0.333. The standard InChI is InChI=1S/C18H20N4O2S/c23-25(24,15-4-2-1-3-5-15)22-14-8-6-13(7-9-14)17-16-10-11-19-18(16)21-12-20-17/h6-12,15,22H,1-5H2,(H,19,20,21). The SMILES string of the molecule is O=S(=O)(Nc1ccc(-c2ncnc3[nH]ccc23)cc1)C1CCCCC1. The zero-order chi connectivity index (χ0) is 17.3. The van der Waals surface area contributed by atoms with Crippen molar-refractivity contribution < 1.29 is 8.42 Å². The molecule has 0 radical (unpaired) electrons. The number of hydrogen-bond donors (Lipinski definition) is 2. The monoisotopic (exact) mass is 356 g/mol. The van der Waals surface area contributed by atoms with Crippen molar-refractivity contribution in [3.05, 3.63) is 42.9 Å². The molecule has 7 heteroatoms. The lowest BCUT2D eigenvalue weighted by Gasteiger charge is -2.22. The van der Waals surface area contributed by atoms with Crippen molar-refractivity contribution in [3.8, 4) is 11.3 Å². The van der Waals surface area contributed by atoms with Gasteiger partial charge >= 0.3 is 0 Å². The van der Waals surface area contributed by atoms with Crippen LogP contribution in [0.4, 0.5) is 5.69 Å². The largest absolute Gasteiger partial charge is 0.346 e. The van der Waals surface area contributed by atoms with Crippen LogP contribution in [0.5, 0.6) is 0 Å². The summed E-state index contributed by atoms with van der Waals surface area (Å²) in [6.07, 6.45) is 7.96. The molecule has 1 aliphatic rings. The number of rotatable bonds is 4. The van der Waals surface area contributed by atoms with Crippen LogP contribution in [-0.2, 0) is 10.0 Å². The van der Waals surface area contributed by atoms with Crippen molar-refractivity contribution in [1.82, 2.24) is 15.0 Å². The van der Waals surface area contributed by atoms with E-state index in [1.54, 1.807) is 12.1 Å². The van der Waals surface area contributed by atoms with Crippen LogP contribution < -0.4 is 4.72 Å². The Morgan fingerprint density at radius 3 is 2.52 bits per heavy atom. The van der Waals surface area contributed by atoms with Gasteiger partial charge in [0.05, 0.1) is 10.9 Å². The van der Waals surface area contributed by atoms with Crippen LogP contribution in [0, 0.1) is 0 Å². The molecule has 1 fully saturated rings. The molecule has 0 amide bonds. The highest BCUT2D eigenvalue weighted by Crippen LogP contribution is 2.28. The highest BCUT2D eigenvalue weighted by atomic mass is 32.2. The Labute approximate surface area is 146 Å². The molecule has 4 rings (SSSR count). The lowest BCUT2D eigenvalue weighted by atomic mass is 10.0. The highest BCUT2D eigenvalue weighted by Gasteiger charge is 2.27. The second-order valence-electron chi connectivity index (χ2n) is 6.45. The van der Waals surface area contributed by atoms with Crippen molar-refractivity contribution >= 4 is 26.7 Å². The number of sulfonamides is 1. The van der Waals surface area contributed by atoms with Crippen molar-refractivity contribution in [1.29, 1.82) is 0 Å². The predicted octanol–water partition coefficient (Wildman–Crippen LogP) is 3.70. The van der Waals surface area contributed by atoms with Gasteiger partial charge in [-0.25, -0.2) is 18.4 Å². The second kappa shape index (κ2) is 6.48. The molecule has 0 bridgehead atoms. The van der Waals surface area contributed by atoms with E-state index in [9.17, 15) is 8.42 Å². The van der Waals surface area contributed by atoms with Crippen LogP contribution in [0.3, 0.4) is 0 Å². The Kier molecular flexibility index (Phi) is 4.17. The Morgan fingerprint density at radius 2 is 1.76 bits per heavy atom. The molecular formula is C18H20N4O2S. The first-order valence-electron chi connectivity index (χ1n) is 8.54. The molecule has 0 unspecified atom stereocenters. The van der Waals surface area contributed by atoms with Crippen LogP contribution in [0.1, 0.15) is 32.1 Å². The topological polar surface area (TPSA) is 87.7 Å². The Balaban J connectivity index is 1.57. The first kappa shape index (κ1) is 16.1. The third-order valence-electron chi connectivity index (χ3n) is 4.76. The molecule has 1 aliphatic carbocycles. The molecule has 2 aromatic heterocycles. The van der Waals surface area contributed by atoms with Gasteiger partial charge in [-0.3, -0.25) is 4.72 Å². The molecule has 1 saturated carbocycles. The molecule has 0 spiro atoms. The molecule has 2 heterocycles. The van der Waals surface area contributed by atoms with E-state index in [1.165, 1.54) is 6.33 Å². The zero-order valence-corrected chi connectivity index (χ0v) is 14.6. The number of nitrogens with zero attached hydrogens (tertiary/aromatic N) is 2. The van der Waals surface area contributed by atoms with E-state index >= 15 is 0 Å². The normalized spacial score (nSPS) is 16.2. The lowest BCUT2D eigenvalue weighted by molar-refractivity contribution is 0.486. The molecule has 2 N–H and O–H groups in total. The first-order valence-corrected chi connectivity index (χ1v) is 10.1. The molecule has 0 aliphatic heterocycles. The van der Waals surface area contributed by atoms with Gasteiger partial charge in [0, 0.05) is 22.8 Å². The fourth-order valence-corrected chi connectivity index (χ4v) is 5.01. The molecule has 3 aromatic rings. The summed E-state index contributed by atoms with van der Waals surface area (Å²) in [4.78, 5) is 11.6. The predicted molar refractivity (Wildman–Crippen MR) is 98.7 cm³/mol. The summed E-state index contributed by atoms with van der Waals surface area (Å²) in [5.41, 5.74) is 3.13. The number of nitrogens with one attached hydrogen (secondary N) is 2. The van der Waals surface area contributed by atoms with Gasteiger partial charge in [0.25, 0.3) is 0 Å². The third kappa shape index (κ3) is 3.24. The van der Waals surface area contributed by atoms with E-state index in [4.69, 9.17) is 0 Å². The Bertz CT molecular complexity index is 974. The quantitative estimate of drug-likeness (QED) is 0.746. The number of aromatic amines is 1. The molecule has 1 aromatic carbocycles. The van der Waals surface area contributed by atoms with Gasteiger partial charge in [-0.15, -0.1) is 0 Å². The van der Waals surface area contributed by atoms with Gasteiger partial charge in [0.1, 0.15) is 12.0 Å². The van der Waals surface area contributed by atoms with Crippen molar-refractivity contribution in [3.63, 3.8) is 0 Å². The van der Waals surface area contributed by atoms with Crippen molar-refractivity contribution in [2.45, 2.75) is 37.4 Å². The average Bonchev–Trinajstić information content (AvgIpc) is 3.12. The molecule has 6 nitrogen and oxygen atoms in total. The summed E-state index contributed by atoms with van der Waals surface area (Å²) in [6.45, 7) is 0. The third-order valence-corrected chi connectivity index (χ3v) is 6.63. The first-order chi connectivity index (χ1) is 12.1. The smallest absolute Gasteiger partial charge is 0.235 e. The molecular weight excluding hydrogens is 336 g/mol. The highest BCUT2D eigenvalue weighted by molar-refractivity contribution is 7.93. The van der Waals surface area contributed by atoms with Gasteiger partial charge in [0.15, 0.2) is 0 Å². The Morgan fingerprint density at radius 1 is 1.00 bits per heavy atom. The van der Waals surface area contributed by atoms with Crippen molar-refractivity contribution in [2.24, 2.45) is 0 Å². The average molecular weight is 356 g/mol. The maximum atomic E-state index is 12.5. The minimum absolute atomic E-state index is 0.276. The van der Waals surface area contributed by atoms with E-state index < -0.39 is 10.0 Å². The number of anilines is 1. The number of hydrogen-bond acceptors (Lipinski definition) is 4. The van der Waals surface area contributed by atoms with Crippen molar-refractivity contribution in [2.75, 3.05) is 4.72 Å². The van der Waals surface area contributed by atoms with E-state index in [0.29, 0.717) is 5.69 Å². The van der Waals surface area contributed by atoms with E-state index in [0.717, 1.165) is 54.4 Å². The number of benzene rings is 1. The maximum Gasteiger partial charge on any atom is 0.235 e. The van der Waals surface area contributed by atoms with Crippen LogP contribution in [0.25, 0.3) is 22.3 Å². The molecule has 130 valence electrons. The minimum atomic E-state index is -3.32. The molecule has 0 saturated heterocycles. The van der Waals surface area contributed by atoms with E-state index in [2.05, 4.69) is 19.7 Å². The van der Waals surface area contributed by atoms with Crippen LogP contribution in [0.2, 0.25) is 0 Å². The number of H-pyrrole nitrogens is 1. The summed E-state index contributed by atoms with van der Waals surface area (Å²) in [5, 5.41) is 0.667. The van der Waals surface area contributed by atoms with Crippen LogP contribution >= 0.6 is 0 Å². The van der Waals surface area contributed by atoms with E-state index in [1.807, 2.05) is 24.4 Å². The summed E-state index contributed by atoms with van der Waals surface area (Å²) >= 11 is 0. The summed E-state index contributed by atoms with van der Waals surface area (Å²) in [6, 6.07) is 9.28. The minimum Gasteiger partial charge on any atom is -0.346 e. The lowest BCUT2D eigenvalue weighted by Crippen LogP contribution is -2.29. The Hall–Kier alpha value is -2.41. The van der Waals surface area contributed by atoms with Crippen LogP contribution in [-0.4, -0.2) is 28.6 Å². The fourth-order valence-electron chi connectivity index (χ4n) is 3.42. The van der Waals surface area contributed by atoms with Gasteiger partial charge in [-0.05, 0) is 31.0 Å². The zero-order valence-electron chi connectivity index (χ0n) is 13.8. The molecule has 0 atom stereocenters. The van der Waals surface area contributed by atoms with E-state index in [-0.39, 0.29) is 5.25 Å². The van der Waals surface area contributed by atoms with Gasteiger partial charge in [-0.2, -0.15) is 0 Å². The van der Waals surface area contributed by atoms with Gasteiger partial charge < -0.3 is 4.98 Å². The number of aromatic nitrogens is 3. The summed E-state index contributed by atoms with van der Waals surface area (Å²) < 4.78 is 27.8. The maximum absolute atomic E-state index is 12.5. The summed E-state index contributed by atoms with van der Waals surface area (Å²) in [5.74, 6) is 0. The molecule has 25 heavy (non-hydrogen) atoms. The summed E-state index contributed by atoms with van der Waals surface area (Å²) in [7, 11) is -3.32.